The van der Waals surface area contributed by atoms with Gasteiger partial charge in [-0.2, -0.15) is 0 Å². The van der Waals surface area contributed by atoms with Gasteiger partial charge in [-0.05, 0) is 31.2 Å². The lowest BCUT2D eigenvalue weighted by Gasteiger charge is -2.16. The lowest BCUT2D eigenvalue weighted by Crippen LogP contribution is -2.42. The number of thiophene rings is 1. The van der Waals surface area contributed by atoms with Crippen molar-refractivity contribution >= 4 is 41.3 Å². The summed E-state index contributed by atoms with van der Waals surface area (Å²) in [5, 5.41) is 8.84. The number of rotatable bonds is 4. The van der Waals surface area contributed by atoms with E-state index in [9.17, 15) is 0 Å². The molecule has 5 heteroatoms. The zero-order valence-electron chi connectivity index (χ0n) is 10.6. The molecule has 100 valence electrons. The van der Waals surface area contributed by atoms with Crippen molar-refractivity contribution in [3.8, 4) is 0 Å². The number of halogens is 1. The van der Waals surface area contributed by atoms with E-state index >= 15 is 0 Å². The maximum Gasteiger partial charge on any atom is 0.191 e. The summed E-state index contributed by atoms with van der Waals surface area (Å²) in [7, 11) is 0. The molecule has 0 amide bonds. The van der Waals surface area contributed by atoms with Gasteiger partial charge in [0.25, 0.3) is 0 Å². The van der Waals surface area contributed by atoms with Crippen LogP contribution in [0.4, 0.5) is 0 Å². The van der Waals surface area contributed by atoms with Crippen molar-refractivity contribution in [1.82, 2.24) is 10.6 Å². The van der Waals surface area contributed by atoms with Crippen molar-refractivity contribution in [3.63, 3.8) is 0 Å². The molecule has 0 saturated carbocycles. The van der Waals surface area contributed by atoms with Crippen molar-refractivity contribution in [2.45, 2.75) is 32.4 Å². The summed E-state index contributed by atoms with van der Waals surface area (Å²) < 4.78 is 0. The first-order valence-electron chi connectivity index (χ1n) is 6.10. The summed E-state index contributed by atoms with van der Waals surface area (Å²) in [6.45, 7) is 3.75. The number of nitrogens with one attached hydrogen (secondary N) is 2. The average Bonchev–Trinajstić information content (AvgIpc) is 2.99. The lowest BCUT2D eigenvalue weighted by atomic mass is 10.2. The third-order valence-electron chi connectivity index (χ3n) is 2.67. The number of guanidine groups is 1. The Balaban J connectivity index is 0.00000162. The zero-order valence-corrected chi connectivity index (χ0v) is 13.7. The van der Waals surface area contributed by atoms with Crippen LogP contribution >= 0.6 is 35.3 Å². The first-order valence-corrected chi connectivity index (χ1v) is 6.98. The fourth-order valence-electron chi connectivity index (χ4n) is 1.81. The van der Waals surface area contributed by atoms with Crippen LogP contribution in [0.5, 0.6) is 0 Å². The summed E-state index contributed by atoms with van der Waals surface area (Å²) in [5.41, 5.74) is 0. The molecule has 2 rings (SSSR count). The highest BCUT2D eigenvalue weighted by atomic mass is 127. The second kappa shape index (κ2) is 8.53. The molecule has 1 heterocycles. The average molecular weight is 377 g/mol. The first-order chi connectivity index (χ1) is 8.38. The molecular weight excluding hydrogens is 357 g/mol. The number of aliphatic imine (C=N–C) groups is 1. The van der Waals surface area contributed by atoms with E-state index in [2.05, 4.69) is 52.2 Å². The molecule has 1 aliphatic carbocycles. The van der Waals surface area contributed by atoms with Gasteiger partial charge in [0, 0.05) is 17.5 Å². The van der Waals surface area contributed by atoms with E-state index in [1.165, 1.54) is 4.88 Å². The Morgan fingerprint density at radius 2 is 2.22 bits per heavy atom. The standard InChI is InChI=1S/C13H19N3S.HI/c1-2-14-13(16-11-6-3-4-7-11)15-10-12-8-5-9-17-12;/h3-5,8-9,11H,2,6-7,10H2,1H3,(H2,14,15,16);1H. The van der Waals surface area contributed by atoms with Crippen LogP contribution in [0.25, 0.3) is 0 Å². The second-order valence-corrected chi connectivity index (χ2v) is 5.09. The molecule has 0 atom stereocenters. The summed E-state index contributed by atoms with van der Waals surface area (Å²) in [6.07, 6.45) is 6.65. The predicted octanol–water partition coefficient (Wildman–Crippen LogP) is 3.14. The third-order valence-corrected chi connectivity index (χ3v) is 3.53. The van der Waals surface area contributed by atoms with Gasteiger partial charge in [0.05, 0.1) is 6.54 Å². The van der Waals surface area contributed by atoms with Gasteiger partial charge in [-0.3, -0.25) is 0 Å². The molecule has 0 saturated heterocycles. The molecule has 0 unspecified atom stereocenters. The lowest BCUT2D eigenvalue weighted by molar-refractivity contribution is 0.633. The van der Waals surface area contributed by atoms with Crippen molar-refractivity contribution in [1.29, 1.82) is 0 Å². The molecule has 0 fully saturated rings. The van der Waals surface area contributed by atoms with Crippen LogP contribution in [0.15, 0.2) is 34.7 Å². The second-order valence-electron chi connectivity index (χ2n) is 4.06. The summed E-state index contributed by atoms with van der Waals surface area (Å²) in [6, 6.07) is 4.70. The first kappa shape index (κ1) is 15.5. The SMILES string of the molecule is CCNC(=NCc1cccs1)NC1CC=CC1.I. The minimum absolute atomic E-state index is 0. The molecule has 1 aromatic rings. The van der Waals surface area contributed by atoms with Gasteiger partial charge in [-0.15, -0.1) is 35.3 Å². The smallest absolute Gasteiger partial charge is 0.191 e. The van der Waals surface area contributed by atoms with Crippen LogP contribution in [-0.2, 0) is 6.54 Å². The number of nitrogens with zero attached hydrogens (tertiary/aromatic N) is 1. The van der Waals surface area contributed by atoms with Crippen LogP contribution < -0.4 is 10.6 Å². The maximum atomic E-state index is 4.60. The van der Waals surface area contributed by atoms with E-state index in [0.29, 0.717) is 6.04 Å². The minimum atomic E-state index is 0. The molecule has 0 radical (unpaired) electrons. The minimum Gasteiger partial charge on any atom is -0.357 e. The fourth-order valence-corrected chi connectivity index (χ4v) is 2.44. The molecule has 3 nitrogen and oxygen atoms in total. The zero-order chi connectivity index (χ0) is 11.9. The largest absolute Gasteiger partial charge is 0.357 e. The van der Waals surface area contributed by atoms with Gasteiger partial charge in [0.1, 0.15) is 0 Å². The van der Waals surface area contributed by atoms with Crippen molar-refractivity contribution < 1.29 is 0 Å². The van der Waals surface area contributed by atoms with E-state index in [1.54, 1.807) is 11.3 Å². The number of hydrogen-bond acceptors (Lipinski definition) is 2. The van der Waals surface area contributed by atoms with Gasteiger partial charge in [0.2, 0.25) is 0 Å². The van der Waals surface area contributed by atoms with Crippen LogP contribution in [-0.4, -0.2) is 18.5 Å². The highest BCUT2D eigenvalue weighted by molar-refractivity contribution is 14.0. The molecule has 2 N–H and O–H groups in total. The monoisotopic (exact) mass is 377 g/mol. The molecule has 0 aliphatic heterocycles. The van der Waals surface area contributed by atoms with Gasteiger partial charge >= 0.3 is 0 Å². The number of hydrogen-bond donors (Lipinski definition) is 2. The molecular formula is C13H20IN3S. The Morgan fingerprint density at radius 3 is 2.83 bits per heavy atom. The van der Waals surface area contributed by atoms with Crippen LogP contribution in [0.3, 0.4) is 0 Å². The Bertz CT molecular complexity index is 379. The Kier molecular flexibility index (Phi) is 7.34. The van der Waals surface area contributed by atoms with Gasteiger partial charge in [-0.1, -0.05) is 18.2 Å². The van der Waals surface area contributed by atoms with E-state index in [1.807, 2.05) is 0 Å². The van der Waals surface area contributed by atoms with Gasteiger partial charge < -0.3 is 10.6 Å². The maximum absolute atomic E-state index is 4.60. The highest BCUT2D eigenvalue weighted by Crippen LogP contribution is 2.11. The van der Waals surface area contributed by atoms with Crippen molar-refractivity contribution in [2.24, 2.45) is 4.99 Å². The third kappa shape index (κ3) is 4.97. The predicted molar refractivity (Wildman–Crippen MR) is 89.8 cm³/mol. The van der Waals surface area contributed by atoms with Gasteiger partial charge in [0.15, 0.2) is 5.96 Å². The fraction of sp³-hybridized carbons (Fsp3) is 0.462. The van der Waals surface area contributed by atoms with E-state index in [4.69, 9.17) is 0 Å². The topological polar surface area (TPSA) is 36.4 Å². The van der Waals surface area contributed by atoms with Crippen molar-refractivity contribution in [3.05, 3.63) is 34.5 Å². The molecule has 1 aromatic heterocycles. The summed E-state index contributed by atoms with van der Waals surface area (Å²) >= 11 is 1.75. The summed E-state index contributed by atoms with van der Waals surface area (Å²) in [4.78, 5) is 5.89. The molecule has 1 aliphatic rings. The quantitative estimate of drug-likeness (QED) is 0.366. The Labute approximate surface area is 130 Å². The van der Waals surface area contributed by atoms with Crippen LogP contribution in [0.1, 0.15) is 24.6 Å². The molecule has 0 spiro atoms. The molecule has 18 heavy (non-hydrogen) atoms. The van der Waals surface area contributed by atoms with E-state index in [0.717, 1.165) is 31.9 Å². The van der Waals surface area contributed by atoms with Crippen LogP contribution in [0.2, 0.25) is 0 Å². The normalized spacial score (nSPS) is 15.5. The Hall–Kier alpha value is -0.560. The van der Waals surface area contributed by atoms with Crippen molar-refractivity contribution in [2.75, 3.05) is 6.54 Å². The molecule has 0 bridgehead atoms. The van der Waals surface area contributed by atoms with E-state index in [-0.39, 0.29) is 24.0 Å². The van der Waals surface area contributed by atoms with Crippen LogP contribution in [0, 0.1) is 0 Å². The molecule has 0 aromatic carbocycles. The van der Waals surface area contributed by atoms with Gasteiger partial charge in [-0.25, -0.2) is 4.99 Å². The summed E-state index contributed by atoms with van der Waals surface area (Å²) in [5.74, 6) is 0.926. The Morgan fingerprint density at radius 1 is 1.44 bits per heavy atom. The highest BCUT2D eigenvalue weighted by Gasteiger charge is 2.11. The van der Waals surface area contributed by atoms with E-state index < -0.39 is 0 Å².